The van der Waals surface area contributed by atoms with Crippen LogP contribution in [0.15, 0.2) is 18.2 Å². The van der Waals surface area contributed by atoms with Crippen molar-refractivity contribution in [3.8, 4) is 6.07 Å². The third-order valence-electron chi connectivity index (χ3n) is 4.52. The highest BCUT2D eigenvalue weighted by atomic mass is 15.2. The van der Waals surface area contributed by atoms with Gasteiger partial charge in [-0.1, -0.05) is 0 Å². The fourth-order valence-corrected chi connectivity index (χ4v) is 3.52. The lowest BCUT2D eigenvalue weighted by Gasteiger charge is -2.31. The summed E-state index contributed by atoms with van der Waals surface area (Å²) >= 11 is 0. The van der Waals surface area contributed by atoms with Crippen LogP contribution in [0.3, 0.4) is 0 Å². The minimum atomic E-state index is 0.634. The zero-order valence-electron chi connectivity index (χ0n) is 11.5. The van der Waals surface area contributed by atoms with Crippen molar-refractivity contribution in [2.75, 3.05) is 18.0 Å². The van der Waals surface area contributed by atoms with E-state index in [0.717, 1.165) is 17.7 Å². The van der Waals surface area contributed by atoms with Crippen LogP contribution in [0.1, 0.15) is 36.8 Å². The lowest BCUT2D eigenvalue weighted by molar-refractivity contribution is 0.483. The van der Waals surface area contributed by atoms with Crippen molar-refractivity contribution in [2.24, 2.45) is 0 Å². The molecule has 1 aromatic rings. The van der Waals surface area contributed by atoms with Gasteiger partial charge in [0, 0.05) is 24.3 Å². The molecule has 2 fully saturated rings. The van der Waals surface area contributed by atoms with Crippen LogP contribution in [0.5, 0.6) is 0 Å². The lowest BCUT2D eigenvalue weighted by Crippen LogP contribution is -2.44. The number of nitrogens with zero attached hydrogens (tertiary/aromatic N) is 2. The molecule has 2 saturated heterocycles. The second-order valence-electron chi connectivity index (χ2n) is 5.72. The maximum Gasteiger partial charge on any atom is 0.0994 e. The molecule has 2 aliphatic heterocycles. The molecule has 19 heavy (non-hydrogen) atoms. The van der Waals surface area contributed by atoms with Crippen molar-refractivity contribution < 1.29 is 0 Å². The van der Waals surface area contributed by atoms with E-state index in [2.05, 4.69) is 28.4 Å². The molecular weight excluding hydrogens is 234 g/mol. The Morgan fingerprint density at radius 2 is 2.21 bits per heavy atom. The largest absolute Gasteiger partial charge is 0.367 e. The molecule has 2 heterocycles. The van der Waals surface area contributed by atoms with Gasteiger partial charge in [0.2, 0.25) is 0 Å². The van der Waals surface area contributed by atoms with Crippen molar-refractivity contribution >= 4 is 5.69 Å². The highest BCUT2D eigenvalue weighted by Gasteiger charge is 2.33. The van der Waals surface area contributed by atoms with E-state index < -0.39 is 0 Å². The van der Waals surface area contributed by atoms with Gasteiger partial charge in [0.1, 0.15) is 0 Å². The van der Waals surface area contributed by atoms with E-state index in [4.69, 9.17) is 5.26 Å². The summed E-state index contributed by atoms with van der Waals surface area (Å²) in [6.45, 7) is 4.34. The van der Waals surface area contributed by atoms with E-state index in [9.17, 15) is 0 Å². The molecule has 3 rings (SSSR count). The SMILES string of the molecule is Cc1cc(N2CCCC2C2CCCN2)ccc1C#N. The molecule has 1 aromatic carbocycles. The second-order valence-corrected chi connectivity index (χ2v) is 5.72. The third-order valence-corrected chi connectivity index (χ3v) is 4.52. The van der Waals surface area contributed by atoms with E-state index in [1.165, 1.54) is 37.9 Å². The Morgan fingerprint density at radius 1 is 1.32 bits per heavy atom. The number of anilines is 1. The van der Waals surface area contributed by atoms with Crippen LogP contribution in [0.4, 0.5) is 5.69 Å². The summed E-state index contributed by atoms with van der Waals surface area (Å²) in [4.78, 5) is 2.54. The van der Waals surface area contributed by atoms with E-state index in [1.807, 2.05) is 13.0 Å². The molecule has 0 saturated carbocycles. The standard InChI is InChI=1S/C16H21N3/c1-12-10-14(7-6-13(12)11-17)19-9-3-5-16(19)15-4-2-8-18-15/h6-7,10,15-16,18H,2-5,8-9H2,1H3. The number of benzene rings is 1. The van der Waals surface area contributed by atoms with Crippen LogP contribution in [0.2, 0.25) is 0 Å². The Labute approximate surface area is 115 Å². The van der Waals surface area contributed by atoms with Crippen molar-refractivity contribution in [2.45, 2.75) is 44.7 Å². The van der Waals surface area contributed by atoms with Crippen LogP contribution in [0.25, 0.3) is 0 Å². The number of hydrogen-bond donors (Lipinski definition) is 1. The van der Waals surface area contributed by atoms with Gasteiger partial charge in [-0.25, -0.2) is 0 Å². The van der Waals surface area contributed by atoms with E-state index in [0.29, 0.717) is 12.1 Å². The zero-order valence-corrected chi connectivity index (χ0v) is 11.5. The molecule has 2 aliphatic rings. The number of nitrogens with one attached hydrogen (secondary N) is 1. The average molecular weight is 255 g/mol. The Bertz CT molecular complexity index is 497. The molecule has 100 valence electrons. The van der Waals surface area contributed by atoms with Crippen LogP contribution in [0, 0.1) is 18.3 Å². The quantitative estimate of drug-likeness (QED) is 0.883. The van der Waals surface area contributed by atoms with Gasteiger partial charge < -0.3 is 10.2 Å². The minimum Gasteiger partial charge on any atom is -0.367 e. The predicted octanol–water partition coefficient (Wildman–Crippen LogP) is 2.59. The van der Waals surface area contributed by atoms with Crippen LogP contribution >= 0.6 is 0 Å². The second kappa shape index (κ2) is 5.22. The van der Waals surface area contributed by atoms with Gasteiger partial charge in [0.15, 0.2) is 0 Å². The first kappa shape index (κ1) is 12.5. The number of aryl methyl sites for hydroxylation is 1. The van der Waals surface area contributed by atoms with E-state index in [1.54, 1.807) is 0 Å². The first-order chi connectivity index (χ1) is 9.29. The fraction of sp³-hybridized carbons (Fsp3) is 0.562. The molecule has 2 unspecified atom stereocenters. The van der Waals surface area contributed by atoms with Crippen molar-refractivity contribution in [3.05, 3.63) is 29.3 Å². The predicted molar refractivity (Wildman–Crippen MR) is 77.3 cm³/mol. The highest BCUT2D eigenvalue weighted by Crippen LogP contribution is 2.31. The van der Waals surface area contributed by atoms with Gasteiger partial charge >= 0.3 is 0 Å². The summed E-state index contributed by atoms with van der Waals surface area (Å²) < 4.78 is 0. The van der Waals surface area contributed by atoms with Crippen LogP contribution in [-0.2, 0) is 0 Å². The Morgan fingerprint density at radius 3 is 2.89 bits per heavy atom. The smallest absolute Gasteiger partial charge is 0.0994 e. The highest BCUT2D eigenvalue weighted by molar-refractivity contribution is 5.55. The number of nitriles is 1. The van der Waals surface area contributed by atoms with Gasteiger partial charge in [-0.2, -0.15) is 5.26 Å². The van der Waals surface area contributed by atoms with Crippen LogP contribution in [-0.4, -0.2) is 25.2 Å². The number of hydrogen-bond acceptors (Lipinski definition) is 3. The summed E-state index contributed by atoms with van der Waals surface area (Å²) in [5.74, 6) is 0. The zero-order chi connectivity index (χ0) is 13.2. The maximum absolute atomic E-state index is 9.03. The molecule has 0 aliphatic carbocycles. The summed E-state index contributed by atoms with van der Waals surface area (Å²) in [5.41, 5.74) is 3.16. The summed E-state index contributed by atoms with van der Waals surface area (Å²) in [7, 11) is 0. The first-order valence-corrected chi connectivity index (χ1v) is 7.30. The van der Waals surface area contributed by atoms with Crippen molar-refractivity contribution in [1.82, 2.24) is 5.32 Å². The first-order valence-electron chi connectivity index (χ1n) is 7.30. The summed E-state index contributed by atoms with van der Waals surface area (Å²) in [6, 6.07) is 9.78. The van der Waals surface area contributed by atoms with Gasteiger partial charge in [-0.15, -0.1) is 0 Å². The molecule has 0 radical (unpaired) electrons. The molecule has 3 nitrogen and oxygen atoms in total. The van der Waals surface area contributed by atoms with Crippen LogP contribution < -0.4 is 10.2 Å². The Balaban J connectivity index is 1.84. The normalized spacial score (nSPS) is 26.6. The Hall–Kier alpha value is -1.53. The van der Waals surface area contributed by atoms with E-state index in [-0.39, 0.29) is 0 Å². The van der Waals surface area contributed by atoms with Gasteiger partial charge in [0.05, 0.1) is 11.6 Å². The molecule has 0 bridgehead atoms. The van der Waals surface area contributed by atoms with Gasteiger partial charge in [-0.05, 0) is 62.9 Å². The third kappa shape index (κ3) is 2.33. The molecule has 2 atom stereocenters. The van der Waals surface area contributed by atoms with Crippen molar-refractivity contribution in [1.29, 1.82) is 5.26 Å². The summed E-state index contributed by atoms with van der Waals surface area (Å²) in [6.07, 6.45) is 5.18. The molecule has 0 amide bonds. The topological polar surface area (TPSA) is 39.1 Å². The average Bonchev–Trinajstić information content (AvgIpc) is 3.09. The minimum absolute atomic E-state index is 0.634. The monoisotopic (exact) mass is 255 g/mol. The lowest BCUT2D eigenvalue weighted by atomic mass is 10.0. The molecule has 1 N–H and O–H groups in total. The molecule has 0 aromatic heterocycles. The van der Waals surface area contributed by atoms with Gasteiger partial charge in [-0.3, -0.25) is 0 Å². The Kier molecular flexibility index (Phi) is 3.44. The van der Waals surface area contributed by atoms with Crippen molar-refractivity contribution in [3.63, 3.8) is 0 Å². The molecule has 3 heteroatoms. The summed E-state index contributed by atoms with van der Waals surface area (Å²) in [5, 5.41) is 12.7. The van der Waals surface area contributed by atoms with Gasteiger partial charge in [0.25, 0.3) is 0 Å². The van der Waals surface area contributed by atoms with E-state index >= 15 is 0 Å². The molecular formula is C16H21N3. The maximum atomic E-state index is 9.03. The molecule has 0 spiro atoms. The number of rotatable bonds is 2. The fourth-order valence-electron chi connectivity index (χ4n) is 3.52.